The molecule has 2 aromatic carbocycles. The summed E-state index contributed by atoms with van der Waals surface area (Å²) in [5, 5.41) is 2.30. The van der Waals surface area contributed by atoms with Crippen LogP contribution in [-0.4, -0.2) is 49.2 Å². The number of carbonyl (C=O) groups excluding carboxylic acids is 4. The predicted molar refractivity (Wildman–Crippen MR) is 141 cm³/mol. The van der Waals surface area contributed by atoms with E-state index in [0.717, 1.165) is 10.0 Å². The van der Waals surface area contributed by atoms with Crippen LogP contribution in [-0.2, 0) is 9.59 Å². The van der Waals surface area contributed by atoms with Crippen LogP contribution >= 0.6 is 55.1 Å². The molecule has 0 aromatic heterocycles. The third-order valence-corrected chi connectivity index (χ3v) is 9.80. The van der Waals surface area contributed by atoms with Crippen molar-refractivity contribution in [2.75, 3.05) is 0 Å². The molecule has 0 N–H and O–H groups in total. The van der Waals surface area contributed by atoms with Gasteiger partial charge in [-0.05, 0) is 37.5 Å². The van der Waals surface area contributed by atoms with E-state index in [2.05, 4.69) is 31.9 Å². The second kappa shape index (κ2) is 10.7. The lowest BCUT2D eigenvalue weighted by Gasteiger charge is -2.36. The Bertz CT molecular complexity index is 1150. The van der Waals surface area contributed by atoms with Gasteiger partial charge in [-0.15, -0.1) is 0 Å². The number of hydrogen-bond donors (Lipinski definition) is 0. The molecular formula is C25H22Br2Cl2N2O4. The number of alkyl halides is 2. The number of benzene rings is 2. The first-order chi connectivity index (χ1) is 16.6. The molecule has 1 aliphatic heterocycles. The summed E-state index contributed by atoms with van der Waals surface area (Å²) in [7, 11) is 0. The number of rotatable bonds is 6. The van der Waals surface area contributed by atoms with Crippen LogP contribution in [0.4, 0.5) is 0 Å². The van der Waals surface area contributed by atoms with E-state index >= 15 is 0 Å². The number of fused-ring (bicyclic) bond motifs is 1. The first-order valence-electron chi connectivity index (χ1n) is 11.2. The minimum atomic E-state index is -1.09. The number of Topliss-reactive ketones (excluding diaryl/α,β-unsaturated/α-hetero) is 1. The maximum Gasteiger partial charge on any atom is 0.275 e. The summed E-state index contributed by atoms with van der Waals surface area (Å²) in [6.07, 6.45) is 1.06. The van der Waals surface area contributed by atoms with Gasteiger partial charge in [0, 0.05) is 20.2 Å². The highest BCUT2D eigenvalue weighted by molar-refractivity contribution is 9.12. The maximum absolute atomic E-state index is 13.9. The monoisotopic (exact) mass is 642 g/mol. The average Bonchev–Trinajstić information content (AvgIpc) is 3.06. The quantitative estimate of drug-likeness (QED) is 0.222. The summed E-state index contributed by atoms with van der Waals surface area (Å²) in [5.74, 6) is -3.22. The number of halogens is 4. The van der Waals surface area contributed by atoms with Gasteiger partial charge in [0.15, 0.2) is 5.78 Å². The molecule has 0 bridgehead atoms. The van der Waals surface area contributed by atoms with Crippen molar-refractivity contribution in [3.63, 3.8) is 0 Å². The van der Waals surface area contributed by atoms with Gasteiger partial charge in [-0.25, -0.2) is 5.01 Å². The number of hydrazine groups is 1. The van der Waals surface area contributed by atoms with Gasteiger partial charge in [0.1, 0.15) is 6.04 Å². The molecule has 1 saturated carbocycles. The Labute approximate surface area is 230 Å². The summed E-state index contributed by atoms with van der Waals surface area (Å²) in [6, 6.07) is 11.7. The van der Waals surface area contributed by atoms with Gasteiger partial charge in [0.05, 0.1) is 22.4 Å². The number of amides is 3. The van der Waals surface area contributed by atoms with Gasteiger partial charge in [0.25, 0.3) is 17.7 Å². The zero-order chi connectivity index (χ0) is 25.4. The Morgan fingerprint density at radius 2 is 1.57 bits per heavy atom. The molecule has 2 aromatic rings. The summed E-state index contributed by atoms with van der Waals surface area (Å²) >= 11 is 19.5. The smallest absolute Gasteiger partial charge is 0.275 e. The van der Waals surface area contributed by atoms with E-state index in [1.54, 1.807) is 37.3 Å². The van der Waals surface area contributed by atoms with E-state index in [1.807, 2.05) is 0 Å². The molecule has 1 heterocycles. The standard InChI is InChI=1S/C25H22Br2Cl2N2O4/c1-2-21(22(32)13-6-4-3-5-7-13)30(23(33)15-9-8-14(28)10-20(15)29)31-24(34)16-11-18(26)19(27)12-17(16)25(31)35/h3-10,16-19,21H,2,11-12H2,1H3/t16-,17-,18+,19+,21-/m1/s1. The Kier molecular flexibility index (Phi) is 8.05. The summed E-state index contributed by atoms with van der Waals surface area (Å²) in [6.45, 7) is 1.73. The molecule has 184 valence electrons. The van der Waals surface area contributed by atoms with Crippen LogP contribution < -0.4 is 0 Å². The predicted octanol–water partition coefficient (Wildman–Crippen LogP) is 5.93. The summed E-state index contributed by atoms with van der Waals surface area (Å²) < 4.78 is 0. The van der Waals surface area contributed by atoms with Crippen molar-refractivity contribution in [1.82, 2.24) is 10.0 Å². The van der Waals surface area contributed by atoms with E-state index in [4.69, 9.17) is 23.2 Å². The van der Waals surface area contributed by atoms with Gasteiger partial charge in [-0.3, -0.25) is 19.2 Å². The second-order valence-electron chi connectivity index (χ2n) is 8.63. The molecule has 0 radical (unpaired) electrons. The van der Waals surface area contributed by atoms with Crippen molar-refractivity contribution in [2.24, 2.45) is 11.8 Å². The van der Waals surface area contributed by atoms with Crippen molar-refractivity contribution in [3.8, 4) is 0 Å². The van der Waals surface area contributed by atoms with E-state index < -0.39 is 35.6 Å². The number of imide groups is 1. The molecule has 2 aliphatic rings. The fourth-order valence-corrected chi connectivity index (χ4v) is 6.44. The lowest BCUT2D eigenvalue weighted by molar-refractivity contribution is -0.156. The van der Waals surface area contributed by atoms with E-state index in [0.29, 0.717) is 23.4 Å². The number of hydrogen-bond acceptors (Lipinski definition) is 4. The minimum absolute atomic E-state index is 0.00299. The molecule has 0 unspecified atom stereocenters. The highest BCUT2D eigenvalue weighted by Crippen LogP contribution is 2.44. The van der Waals surface area contributed by atoms with Gasteiger partial charge in [-0.2, -0.15) is 5.01 Å². The highest BCUT2D eigenvalue weighted by Gasteiger charge is 2.56. The van der Waals surface area contributed by atoms with Crippen LogP contribution in [0, 0.1) is 11.8 Å². The fraction of sp³-hybridized carbons (Fsp3) is 0.360. The van der Waals surface area contributed by atoms with Crippen LogP contribution in [0.1, 0.15) is 46.9 Å². The van der Waals surface area contributed by atoms with Gasteiger partial charge < -0.3 is 0 Å². The van der Waals surface area contributed by atoms with Crippen molar-refractivity contribution < 1.29 is 19.2 Å². The second-order valence-corrected chi connectivity index (χ2v) is 11.8. The van der Waals surface area contributed by atoms with Crippen molar-refractivity contribution in [3.05, 3.63) is 69.7 Å². The highest BCUT2D eigenvalue weighted by atomic mass is 79.9. The first kappa shape index (κ1) is 26.3. The molecule has 5 atom stereocenters. The van der Waals surface area contributed by atoms with Crippen LogP contribution in [0.15, 0.2) is 48.5 Å². The molecule has 1 aliphatic carbocycles. The van der Waals surface area contributed by atoms with Crippen molar-refractivity contribution in [1.29, 1.82) is 0 Å². The first-order valence-corrected chi connectivity index (χ1v) is 13.8. The fourth-order valence-electron chi connectivity index (χ4n) is 4.71. The Morgan fingerprint density at radius 1 is 1.00 bits per heavy atom. The van der Waals surface area contributed by atoms with Crippen LogP contribution in [0.25, 0.3) is 0 Å². The maximum atomic E-state index is 13.9. The van der Waals surface area contributed by atoms with Gasteiger partial charge in [-0.1, -0.05) is 92.3 Å². The van der Waals surface area contributed by atoms with Crippen LogP contribution in [0.3, 0.4) is 0 Å². The molecule has 1 saturated heterocycles. The molecule has 4 rings (SSSR count). The Morgan fingerprint density at radius 3 is 2.09 bits per heavy atom. The van der Waals surface area contributed by atoms with Crippen molar-refractivity contribution in [2.45, 2.75) is 41.9 Å². The molecule has 3 amide bonds. The molecular weight excluding hydrogens is 623 g/mol. The Balaban J connectivity index is 1.81. The largest absolute Gasteiger partial charge is 0.292 e. The summed E-state index contributed by atoms with van der Waals surface area (Å²) in [5.41, 5.74) is 0.416. The normalized spacial score (nSPS) is 24.8. The lowest BCUT2D eigenvalue weighted by Crippen LogP contribution is -2.57. The van der Waals surface area contributed by atoms with Gasteiger partial charge >= 0.3 is 0 Å². The van der Waals surface area contributed by atoms with Crippen molar-refractivity contribution >= 4 is 78.6 Å². The number of carbonyl (C=O) groups is 4. The molecule has 0 spiro atoms. The molecule has 35 heavy (non-hydrogen) atoms. The SMILES string of the molecule is CC[C@H](C(=O)c1ccccc1)N(C(=O)c1ccc(Cl)cc1Cl)N1C(=O)[C@@H]2C[C@H](Br)[C@@H](Br)C[C@H]2C1=O. The third-order valence-electron chi connectivity index (χ3n) is 6.52. The zero-order valence-electron chi connectivity index (χ0n) is 18.7. The number of nitrogens with zero attached hydrogens (tertiary/aromatic N) is 2. The third kappa shape index (κ3) is 4.95. The topological polar surface area (TPSA) is 74.8 Å². The molecule has 6 nitrogen and oxygen atoms in total. The number of ketones is 1. The van der Waals surface area contributed by atoms with Crippen LogP contribution in [0.5, 0.6) is 0 Å². The molecule has 2 fully saturated rings. The van der Waals surface area contributed by atoms with E-state index in [9.17, 15) is 19.2 Å². The average molecular weight is 645 g/mol. The van der Waals surface area contributed by atoms with E-state index in [-0.39, 0.29) is 32.4 Å². The molecule has 10 heteroatoms. The van der Waals surface area contributed by atoms with Gasteiger partial charge in [0.2, 0.25) is 0 Å². The van der Waals surface area contributed by atoms with E-state index in [1.165, 1.54) is 18.2 Å². The summed E-state index contributed by atoms with van der Waals surface area (Å²) in [4.78, 5) is 54.7. The Hall–Kier alpha value is -1.74. The van der Waals surface area contributed by atoms with Crippen LogP contribution in [0.2, 0.25) is 10.0 Å². The zero-order valence-corrected chi connectivity index (χ0v) is 23.4. The minimum Gasteiger partial charge on any atom is -0.292 e. The lowest BCUT2D eigenvalue weighted by atomic mass is 9.81.